The molecule has 3 rings (SSSR count). The van der Waals surface area contributed by atoms with Crippen molar-refractivity contribution in [3.63, 3.8) is 0 Å². The van der Waals surface area contributed by atoms with E-state index in [0.29, 0.717) is 27.6 Å². The minimum atomic E-state index is -1.65. The molecule has 1 aliphatic heterocycles. The van der Waals surface area contributed by atoms with Crippen molar-refractivity contribution < 1.29 is 19.4 Å². The van der Waals surface area contributed by atoms with Crippen LogP contribution >= 0.6 is 11.6 Å². The van der Waals surface area contributed by atoms with E-state index in [9.17, 15) is 9.90 Å². The van der Waals surface area contributed by atoms with Gasteiger partial charge in [0.05, 0.1) is 7.11 Å². The molecule has 2 N–H and O–H groups in total. The van der Waals surface area contributed by atoms with Gasteiger partial charge in [-0.3, -0.25) is 4.79 Å². The van der Waals surface area contributed by atoms with Gasteiger partial charge in [-0.2, -0.15) is 0 Å². The number of carbonyl (C=O) groups excluding carboxylic acids is 1. The van der Waals surface area contributed by atoms with Crippen LogP contribution in [0.3, 0.4) is 0 Å². The molecule has 0 saturated heterocycles. The molecular formula is C17H16ClNO4. The van der Waals surface area contributed by atoms with Gasteiger partial charge in [0, 0.05) is 23.4 Å². The quantitative estimate of drug-likeness (QED) is 0.906. The van der Waals surface area contributed by atoms with Crippen LogP contribution in [-0.4, -0.2) is 31.3 Å². The van der Waals surface area contributed by atoms with Crippen molar-refractivity contribution >= 4 is 23.2 Å². The standard InChI is InChI=1S/C17H16ClNO4/c1-22-12-6-3-10(4-7-12)17(21)13-9-11(18)5-8-14(13)19-16(20)15(17)23-2/h3-9,15,21H,1-2H3,(H,19,20). The third-order valence-electron chi connectivity index (χ3n) is 4.03. The highest BCUT2D eigenvalue weighted by molar-refractivity contribution is 6.30. The lowest BCUT2D eigenvalue weighted by atomic mass is 9.78. The van der Waals surface area contributed by atoms with Gasteiger partial charge in [-0.1, -0.05) is 23.7 Å². The van der Waals surface area contributed by atoms with Gasteiger partial charge in [0.15, 0.2) is 11.7 Å². The smallest absolute Gasteiger partial charge is 0.257 e. The average Bonchev–Trinajstić information content (AvgIpc) is 2.56. The number of anilines is 1. The van der Waals surface area contributed by atoms with Crippen LogP contribution in [0.5, 0.6) is 5.75 Å². The molecule has 1 heterocycles. The average molecular weight is 334 g/mol. The van der Waals surface area contributed by atoms with Gasteiger partial charge in [-0.05, 0) is 35.9 Å². The van der Waals surface area contributed by atoms with Crippen LogP contribution in [0.15, 0.2) is 42.5 Å². The summed E-state index contributed by atoms with van der Waals surface area (Å²) in [6, 6.07) is 11.8. The van der Waals surface area contributed by atoms with E-state index < -0.39 is 17.6 Å². The number of hydrogen-bond acceptors (Lipinski definition) is 4. The van der Waals surface area contributed by atoms with Crippen LogP contribution in [0.25, 0.3) is 0 Å². The molecular weight excluding hydrogens is 318 g/mol. The number of amides is 1. The Bertz CT molecular complexity index is 747. The van der Waals surface area contributed by atoms with Crippen molar-refractivity contribution in [3.05, 3.63) is 58.6 Å². The van der Waals surface area contributed by atoms with Gasteiger partial charge in [-0.25, -0.2) is 0 Å². The van der Waals surface area contributed by atoms with Crippen molar-refractivity contribution in [3.8, 4) is 5.75 Å². The molecule has 0 aliphatic carbocycles. The summed E-state index contributed by atoms with van der Waals surface area (Å²) in [5.41, 5.74) is -0.139. The lowest BCUT2D eigenvalue weighted by Gasteiger charge is -2.40. The third kappa shape index (κ3) is 2.47. The van der Waals surface area contributed by atoms with Gasteiger partial charge in [0.2, 0.25) is 0 Å². The van der Waals surface area contributed by atoms with E-state index in [1.807, 2.05) is 0 Å². The molecule has 0 bridgehead atoms. The highest BCUT2D eigenvalue weighted by atomic mass is 35.5. The SMILES string of the molecule is COc1ccc(C2(O)c3cc(Cl)ccc3NC(=O)C2OC)cc1. The Balaban J connectivity index is 2.23. The fraction of sp³-hybridized carbons (Fsp3) is 0.235. The number of fused-ring (bicyclic) bond motifs is 1. The maximum atomic E-state index is 12.3. The largest absolute Gasteiger partial charge is 0.497 e. The van der Waals surface area contributed by atoms with Gasteiger partial charge >= 0.3 is 0 Å². The number of rotatable bonds is 3. The number of nitrogens with one attached hydrogen (secondary N) is 1. The Morgan fingerprint density at radius 1 is 1.17 bits per heavy atom. The topological polar surface area (TPSA) is 67.8 Å². The summed E-state index contributed by atoms with van der Waals surface area (Å²) >= 11 is 6.08. The molecule has 0 saturated carbocycles. The lowest BCUT2D eigenvalue weighted by molar-refractivity contribution is -0.142. The van der Waals surface area contributed by atoms with Gasteiger partial charge < -0.3 is 19.9 Å². The predicted octanol–water partition coefficient (Wildman–Crippen LogP) is 2.55. The second kappa shape index (κ2) is 5.85. The van der Waals surface area contributed by atoms with Crippen LogP contribution in [0.1, 0.15) is 11.1 Å². The maximum absolute atomic E-state index is 12.3. The monoisotopic (exact) mass is 333 g/mol. The highest BCUT2D eigenvalue weighted by Crippen LogP contribution is 2.43. The number of carbonyl (C=O) groups is 1. The summed E-state index contributed by atoms with van der Waals surface area (Å²) in [6.45, 7) is 0. The number of aliphatic hydroxyl groups is 1. The second-order valence-electron chi connectivity index (χ2n) is 5.29. The molecule has 0 fully saturated rings. The molecule has 2 unspecified atom stereocenters. The molecule has 23 heavy (non-hydrogen) atoms. The normalized spacial score (nSPS) is 23.1. The number of hydrogen-bond donors (Lipinski definition) is 2. The van der Waals surface area contributed by atoms with Crippen LogP contribution in [-0.2, 0) is 15.1 Å². The molecule has 2 aromatic rings. The molecule has 0 radical (unpaired) electrons. The molecule has 1 aliphatic rings. The van der Waals surface area contributed by atoms with E-state index in [0.717, 1.165) is 0 Å². The van der Waals surface area contributed by atoms with E-state index in [2.05, 4.69) is 5.32 Å². The lowest BCUT2D eigenvalue weighted by Crippen LogP contribution is -2.52. The van der Waals surface area contributed by atoms with Crippen LogP contribution < -0.4 is 10.1 Å². The Kier molecular flexibility index (Phi) is 4.02. The minimum absolute atomic E-state index is 0.416. The zero-order valence-electron chi connectivity index (χ0n) is 12.7. The Labute approximate surface area is 138 Å². The summed E-state index contributed by atoms with van der Waals surface area (Å²) in [6.07, 6.45) is -1.10. The number of ether oxygens (including phenoxy) is 2. The first-order valence-electron chi connectivity index (χ1n) is 7.01. The zero-order chi connectivity index (χ0) is 16.6. The summed E-state index contributed by atoms with van der Waals surface area (Å²) in [5.74, 6) is 0.235. The van der Waals surface area contributed by atoms with Crippen LogP contribution in [0.2, 0.25) is 5.02 Å². The fourth-order valence-electron chi connectivity index (χ4n) is 2.90. The summed E-state index contributed by atoms with van der Waals surface area (Å²) in [5, 5.41) is 14.6. The van der Waals surface area contributed by atoms with E-state index in [1.165, 1.54) is 7.11 Å². The molecule has 6 heteroatoms. The summed E-state index contributed by atoms with van der Waals surface area (Å²) in [4.78, 5) is 12.3. The molecule has 2 atom stereocenters. The van der Waals surface area contributed by atoms with Gasteiger partial charge in [-0.15, -0.1) is 0 Å². The zero-order valence-corrected chi connectivity index (χ0v) is 13.4. The number of benzene rings is 2. The first-order chi connectivity index (χ1) is 11.0. The van der Waals surface area contributed by atoms with Crippen molar-refractivity contribution in [1.82, 2.24) is 0 Å². The Hall–Kier alpha value is -2.08. The van der Waals surface area contributed by atoms with E-state index in [-0.39, 0.29) is 0 Å². The minimum Gasteiger partial charge on any atom is -0.497 e. The van der Waals surface area contributed by atoms with Crippen molar-refractivity contribution in [2.24, 2.45) is 0 Å². The predicted molar refractivity (Wildman–Crippen MR) is 86.9 cm³/mol. The highest BCUT2D eigenvalue weighted by Gasteiger charge is 2.49. The van der Waals surface area contributed by atoms with E-state index >= 15 is 0 Å². The second-order valence-corrected chi connectivity index (χ2v) is 5.73. The number of halogens is 1. The van der Waals surface area contributed by atoms with Gasteiger partial charge in [0.1, 0.15) is 5.75 Å². The van der Waals surface area contributed by atoms with E-state index in [4.69, 9.17) is 21.1 Å². The molecule has 5 nitrogen and oxygen atoms in total. The molecule has 0 spiro atoms. The molecule has 1 amide bonds. The summed E-state index contributed by atoms with van der Waals surface area (Å²) in [7, 11) is 2.94. The maximum Gasteiger partial charge on any atom is 0.257 e. The van der Waals surface area contributed by atoms with Crippen molar-refractivity contribution in [2.45, 2.75) is 11.7 Å². The Morgan fingerprint density at radius 3 is 2.48 bits per heavy atom. The first-order valence-corrected chi connectivity index (χ1v) is 7.39. The van der Waals surface area contributed by atoms with Crippen LogP contribution in [0.4, 0.5) is 5.69 Å². The van der Waals surface area contributed by atoms with Crippen LogP contribution in [0, 0.1) is 0 Å². The van der Waals surface area contributed by atoms with Crippen molar-refractivity contribution in [1.29, 1.82) is 0 Å². The number of methoxy groups -OCH3 is 2. The van der Waals surface area contributed by atoms with E-state index in [1.54, 1.807) is 49.6 Å². The Morgan fingerprint density at radius 2 is 1.87 bits per heavy atom. The summed E-state index contributed by atoms with van der Waals surface area (Å²) < 4.78 is 10.4. The molecule has 2 aromatic carbocycles. The third-order valence-corrected chi connectivity index (χ3v) is 4.27. The van der Waals surface area contributed by atoms with Crippen molar-refractivity contribution in [2.75, 3.05) is 19.5 Å². The first kappa shape index (κ1) is 15.8. The fourth-order valence-corrected chi connectivity index (χ4v) is 3.07. The molecule has 120 valence electrons. The van der Waals surface area contributed by atoms with Gasteiger partial charge in [0.25, 0.3) is 5.91 Å². The molecule has 0 aromatic heterocycles.